The number of rotatable bonds is 3. The molecule has 0 atom stereocenters. The smallest absolute Gasteiger partial charge is 0.0234 e. The Morgan fingerprint density at radius 1 is 1.06 bits per heavy atom. The topological polar surface area (TPSA) is 41.3 Å². The zero-order valence-corrected chi connectivity index (χ0v) is 12.7. The quantitative estimate of drug-likeness (QED) is 0.665. The van der Waals surface area contributed by atoms with Crippen molar-refractivity contribution < 1.29 is 0 Å². The summed E-state index contributed by atoms with van der Waals surface area (Å²) in [6, 6.07) is 11.2. The number of hydrogen-bond donors (Lipinski definition) is 2. The molecule has 0 aliphatic carbocycles. The lowest BCUT2D eigenvalue weighted by molar-refractivity contribution is 0.191. The Morgan fingerprint density at radius 2 is 1.61 bits per heavy atom. The Bertz CT molecular complexity index is 290. The van der Waals surface area contributed by atoms with E-state index in [0.717, 1.165) is 32.5 Å². The summed E-state index contributed by atoms with van der Waals surface area (Å²) in [7, 11) is 0. The molecule has 0 amide bonds. The van der Waals surface area contributed by atoms with Gasteiger partial charge in [-0.05, 0) is 18.4 Å². The first-order chi connectivity index (χ1) is 7.38. The van der Waals surface area contributed by atoms with E-state index in [4.69, 9.17) is 5.84 Å². The van der Waals surface area contributed by atoms with E-state index in [-0.39, 0.29) is 37.2 Å². The van der Waals surface area contributed by atoms with Crippen molar-refractivity contribution in [1.82, 2.24) is 10.3 Å². The third-order valence-corrected chi connectivity index (χ3v) is 3.07. The number of benzene rings is 1. The highest BCUT2D eigenvalue weighted by Crippen LogP contribution is 2.12. The minimum absolute atomic E-state index is 0. The van der Waals surface area contributed by atoms with Crippen molar-refractivity contribution in [2.24, 2.45) is 5.84 Å². The minimum Gasteiger partial charge on any atom is -0.299 e. The number of nitrogens with one attached hydrogen (secondary N) is 1. The zero-order chi connectivity index (χ0) is 10.5. The molecule has 1 aliphatic rings. The molecule has 106 valence electrons. The van der Waals surface area contributed by atoms with Gasteiger partial charge in [0.2, 0.25) is 0 Å². The van der Waals surface area contributed by atoms with Crippen LogP contribution in [0.1, 0.15) is 18.4 Å². The number of likely N-dealkylation sites (tertiary alicyclic amines) is 1. The largest absolute Gasteiger partial charge is 0.299 e. The molecule has 6 heteroatoms. The van der Waals surface area contributed by atoms with Crippen molar-refractivity contribution in [2.75, 3.05) is 13.1 Å². The lowest BCUT2D eigenvalue weighted by Gasteiger charge is -2.31. The Hall–Kier alpha value is -0.0300. The molecule has 3 nitrogen and oxygen atoms in total. The number of nitrogens with zero attached hydrogens (tertiary/aromatic N) is 1. The van der Waals surface area contributed by atoms with Gasteiger partial charge in [-0.1, -0.05) is 30.3 Å². The molecule has 0 saturated carbocycles. The first kappa shape index (κ1) is 20.3. The predicted molar refractivity (Wildman–Crippen MR) is 83.8 cm³/mol. The number of hydrazine groups is 1. The summed E-state index contributed by atoms with van der Waals surface area (Å²) >= 11 is 0. The van der Waals surface area contributed by atoms with E-state index in [0.29, 0.717) is 6.04 Å². The van der Waals surface area contributed by atoms with Crippen LogP contribution in [0.15, 0.2) is 30.3 Å². The van der Waals surface area contributed by atoms with Crippen LogP contribution in [0.2, 0.25) is 0 Å². The van der Waals surface area contributed by atoms with Gasteiger partial charge in [0.05, 0.1) is 0 Å². The van der Waals surface area contributed by atoms with Crippen molar-refractivity contribution in [2.45, 2.75) is 25.4 Å². The standard InChI is InChI=1S/C12H19N3.3ClH/c13-14-12-6-8-15(9-7-12)10-11-4-2-1-3-5-11;;;/h1-5,12,14H,6-10,13H2;3*1H. The Labute approximate surface area is 128 Å². The van der Waals surface area contributed by atoms with Crippen LogP contribution in [0.5, 0.6) is 0 Å². The van der Waals surface area contributed by atoms with E-state index >= 15 is 0 Å². The van der Waals surface area contributed by atoms with E-state index in [1.54, 1.807) is 0 Å². The molecule has 1 saturated heterocycles. The van der Waals surface area contributed by atoms with Crippen LogP contribution >= 0.6 is 37.2 Å². The second-order valence-corrected chi connectivity index (χ2v) is 4.20. The third kappa shape index (κ3) is 6.23. The summed E-state index contributed by atoms with van der Waals surface area (Å²) in [5.41, 5.74) is 4.26. The summed E-state index contributed by atoms with van der Waals surface area (Å²) in [6.07, 6.45) is 2.31. The van der Waals surface area contributed by atoms with Gasteiger partial charge < -0.3 is 0 Å². The van der Waals surface area contributed by atoms with Crippen molar-refractivity contribution in [3.63, 3.8) is 0 Å². The molecule has 0 radical (unpaired) electrons. The maximum absolute atomic E-state index is 5.43. The highest BCUT2D eigenvalue weighted by Gasteiger charge is 2.17. The molecule has 18 heavy (non-hydrogen) atoms. The summed E-state index contributed by atoms with van der Waals surface area (Å²) in [6.45, 7) is 3.35. The van der Waals surface area contributed by atoms with Crippen LogP contribution in [-0.4, -0.2) is 24.0 Å². The molecule has 1 aromatic carbocycles. The first-order valence-corrected chi connectivity index (χ1v) is 5.61. The van der Waals surface area contributed by atoms with Gasteiger partial charge in [0.25, 0.3) is 0 Å². The first-order valence-electron chi connectivity index (χ1n) is 5.61. The van der Waals surface area contributed by atoms with E-state index in [2.05, 4.69) is 40.7 Å². The van der Waals surface area contributed by atoms with Gasteiger partial charge in [-0.15, -0.1) is 37.2 Å². The fourth-order valence-electron chi connectivity index (χ4n) is 2.10. The Balaban J connectivity index is 0. The fraction of sp³-hybridized carbons (Fsp3) is 0.500. The molecule has 0 spiro atoms. The maximum atomic E-state index is 5.43. The van der Waals surface area contributed by atoms with E-state index in [1.807, 2.05) is 0 Å². The van der Waals surface area contributed by atoms with Gasteiger partial charge in [-0.3, -0.25) is 16.2 Å². The van der Waals surface area contributed by atoms with Crippen molar-refractivity contribution in [3.8, 4) is 0 Å². The maximum Gasteiger partial charge on any atom is 0.0234 e. The second kappa shape index (κ2) is 10.9. The van der Waals surface area contributed by atoms with E-state index < -0.39 is 0 Å². The van der Waals surface area contributed by atoms with Gasteiger partial charge in [0.15, 0.2) is 0 Å². The van der Waals surface area contributed by atoms with Crippen LogP contribution in [-0.2, 0) is 6.54 Å². The molecule has 2 rings (SSSR count). The van der Waals surface area contributed by atoms with Gasteiger partial charge >= 0.3 is 0 Å². The van der Waals surface area contributed by atoms with Crippen molar-refractivity contribution in [3.05, 3.63) is 35.9 Å². The number of piperidine rings is 1. The number of hydrogen-bond acceptors (Lipinski definition) is 3. The third-order valence-electron chi connectivity index (χ3n) is 3.07. The summed E-state index contributed by atoms with van der Waals surface area (Å²) < 4.78 is 0. The van der Waals surface area contributed by atoms with Gasteiger partial charge in [-0.2, -0.15) is 0 Å². The van der Waals surface area contributed by atoms with Crippen LogP contribution in [0.25, 0.3) is 0 Å². The van der Waals surface area contributed by atoms with Crippen LogP contribution in [0, 0.1) is 0 Å². The van der Waals surface area contributed by atoms with Gasteiger partial charge in [0.1, 0.15) is 0 Å². The van der Waals surface area contributed by atoms with Gasteiger partial charge in [-0.25, -0.2) is 0 Å². The molecule has 1 fully saturated rings. The summed E-state index contributed by atoms with van der Waals surface area (Å²) in [4.78, 5) is 2.49. The molecule has 0 aromatic heterocycles. The minimum atomic E-state index is 0. The molecule has 1 aliphatic heterocycles. The van der Waals surface area contributed by atoms with Crippen LogP contribution < -0.4 is 11.3 Å². The molecule has 0 bridgehead atoms. The SMILES string of the molecule is Cl.Cl.Cl.NNC1CCN(Cc2ccccc2)CC1. The highest BCUT2D eigenvalue weighted by molar-refractivity contribution is 5.86. The Morgan fingerprint density at radius 3 is 2.11 bits per heavy atom. The molecular formula is C12H22Cl3N3. The van der Waals surface area contributed by atoms with Gasteiger partial charge in [0, 0.05) is 25.7 Å². The molecule has 1 heterocycles. The fourth-order valence-corrected chi connectivity index (χ4v) is 2.10. The second-order valence-electron chi connectivity index (χ2n) is 4.20. The number of halogens is 3. The predicted octanol–water partition coefficient (Wildman–Crippen LogP) is 2.38. The monoisotopic (exact) mass is 313 g/mol. The Kier molecular flexibility index (Phi) is 12.2. The van der Waals surface area contributed by atoms with Crippen molar-refractivity contribution in [1.29, 1.82) is 0 Å². The average molecular weight is 315 g/mol. The van der Waals surface area contributed by atoms with Crippen LogP contribution in [0.3, 0.4) is 0 Å². The van der Waals surface area contributed by atoms with Crippen molar-refractivity contribution >= 4 is 37.2 Å². The molecule has 0 unspecified atom stereocenters. The zero-order valence-electron chi connectivity index (χ0n) is 10.2. The van der Waals surface area contributed by atoms with Crippen LogP contribution in [0.4, 0.5) is 0 Å². The number of nitrogens with two attached hydrogens (primary N) is 1. The average Bonchev–Trinajstić information content (AvgIpc) is 2.31. The highest BCUT2D eigenvalue weighted by atomic mass is 35.5. The lowest BCUT2D eigenvalue weighted by Crippen LogP contribution is -2.44. The lowest BCUT2D eigenvalue weighted by atomic mass is 10.1. The van der Waals surface area contributed by atoms with E-state index in [1.165, 1.54) is 5.56 Å². The molecule has 3 N–H and O–H groups in total. The summed E-state index contributed by atoms with van der Waals surface area (Å²) in [5, 5.41) is 0. The van der Waals surface area contributed by atoms with E-state index in [9.17, 15) is 0 Å². The molecular weight excluding hydrogens is 293 g/mol. The molecule has 1 aromatic rings. The normalized spacial score (nSPS) is 16.1. The summed E-state index contributed by atoms with van der Waals surface area (Å²) in [5.74, 6) is 5.43.